The summed E-state index contributed by atoms with van der Waals surface area (Å²) < 4.78 is 6.50. The van der Waals surface area contributed by atoms with Gasteiger partial charge >= 0.3 is 6.03 Å². The Labute approximate surface area is 95.9 Å². The van der Waals surface area contributed by atoms with Gasteiger partial charge in [-0.2, -0.15) is 0 Å². The highest BCUT2D eigenvalue weighted by Gasteiger charge is 2.17. The summed E-state index contributed by atoms with van der Waals surface area (Å²) in [6, 6.07) is 3.44. The Kier molecular flexibility index (Phi) is 2.81. The predicted octanol–water partition coefficient (Wildman–Crippen LogP) is 1.55. The number of halogens is 1. The highest BCUT2D eigenvalue weighted by Crippen LogP contribution is 2.32. The lowest BCUT2D eigenvalue weighted by Crippen LogP contribution is -2.28. The van der Waals surface area contributed by atoms with Crippen molar-refractivity contribution in [1.29, 1.82) is 0 Å². The van der Waals surface area contributed by atoms with Crippen molar-refractivity contribution in [2.75, 3.05) is 6.61 Å². The van der Waals surface area contributed by atoms with E-state index in [0.717, 1.165) is 22.2 Å². The van der Waals surface area contributed by atoms with Gasteiger partial charge in [-0.1, -0.05) is 15.9 Å². The highest BCUT2D eigenvalue weighted by atomic mass is 79.9. The number of benzene rings is 1. The number of urea groups is 1. The maximum atomic E-state index is 10.6. The largest absolute Gasteiger partial charge is 0.493 e. The van der Waals surface area contributed by atoms with Gasteiger partial charge in [0.1, 0.15) is 5.75 Å². The molecule has 1 aliphatic rings. The number of hydrogen-bond acceptors (Lipinski definition) is 2. The van der Waals surface area contributed by atoms with E-state index < -0.39 is 6.03 Å². The van der Waals surface area contributed by atoms with Gasteiger partial charge in [-0.3, -0.25) is 0 Å². The first-order valence-electron chi connectivity index (χ1n) is 4.64. The molecule has 0 aliphatic carbocycles. The van der Waals surface area contributed by atoms with E-state index in [9.17, 15) is 4.79 Å². The lowest BCUT2D eigenvalue weighted by molar-refractivity contribution is 0.248. The van der Waals surface area contributed by atoms with Gasteiger partial charge in [0.25, 0.3) is 0 Å². The van der Waals surface area contributed by atoms with Crippen molar-refractivity contribution < 1.29 is 9.53 Å². The van der Waals surface area contributed by atoms with Crippen LogP contribution in [0.25, 0.3) is 0 Å². The number of nitrogens with one attached hydrogen (secondary N) is 1. The van der Waals surface area contributed by atoms with E-state index in [2.05, 4.69) is 21.2 Å². The van der Waals surface area contributed by atoms with E-state index in [1.165, 1.54) is 5.56 Å². The topological polar surface area (TPSA) is 64.4 Å². The van der Waals surface area contributed by atoms with Crippen molar-refractivity contribution >= 4 is 22.0 Å². The van der Waals surface area contributed by atoms with Crippen LogP contribution in [-0.2, 0) is 13.0 Å². The zero-order chi connectivity index (χ0) is 10.8. The number of primary amides is 1. The summed E-state index contributed by atoms with van der Waals surface area (Å²) >= 11 is 3.42. The SMILES string of the molecule is NC(=O)NCc1cc(Br)cc2c1OCC2. The third-order valence-electron chi connectivity index (χ3n) is 2.28. The molecule has 0 unspecified atom stereocenters. The van der Waals surface area contributed by atoms with Crippen molar-refractivity contribution in [3.63, 3.8) is 0 Å². The zero-order valence-electron chi connectivity index (χ0n) is 8.05. The molecule has 0 aromatic heterocycles. The number of ether oxygens (including phenoxy) is 1. The van der Waals surface area contributed by atoms with Crippen LogP contribution in [-0.4, -0.2) is 12.6 Å². The molecule has 15 heavy (non-hydrogen) atoms. The summed E-state index contributed by atoms with van der Waals surface area (Å²) in [5.74, 6) is 0.881. The molecule has 5 heteroatoms. The van der Waals surface area contributed by atoms with Crippen molar-refractivity contribution in [3.8, 4) is 5.75 Å². The standard InChI is InChI=1S/C10H11BrN2O2/c11-8-3-6-1-2-15-9(6)7(4-8)5-13-10(12)14/h3-4H,1-2,5H2,(H3,12,13,14). The van der Waals surface area contributed by atoms with Gasteiger partial charge in [-0.25, -0.2) is 4.79 Å². The molecule has 3 N–H and O–H groups in total. The average Bonchev–Trinajstić information content (AvgIpc) is 2.61. The Bertz CT molecular complexity index is 407. The molecule has 1 aromatic rings. The van der Waals surface area contributed by atoms with E-state index in [1.54, 1.807) is 0 Å². The smallest absolute Gasteiger partial charge is 0.312 e. The predicted molar refractivity (Wildman–Crippen MR) is 59.8 cm³/mol. The van der Waals surface area contributed by atoms with Gasteiger partial charge in [-0.15, -0.1) is 0 Å². The van der Waals surface area contributed by atoms with Gasteiger partial charge in [0.05, 0.1) is 6.61 Å². The summed E-state index contributed by atoms with van der Waals surface area (Å²) in [5, 5.41) is 2.56. The molecule has 0 spiro atoms. The fourth-order valence-electron chi connectivity index (χ4n) is 1.66. The molecule has 1 aromatic carbocycles. The number of hydrogen-bond donors (Lipinski definition) is 2. The Morgan fingerprint density at radius 1 is 1.60 bits per heavy atom. The second kappa shape index (κ2) is 4.10. The second-order valence-electron chi connectivity index (χ2n) is 3.37. The summed E-state index contributed by atoms with van der Waals surface area (Å²) in [4.78, 5) is 10.6. The third-order valence-corrected chi connectivity index (χ3v) is 2.74. The van der Waals surface area contributed by atoms with Gasteiger partial charge in [0.15, 0.2) is 0 Å². The van der Waals surface area contributed by atoms with Crippen LogP contribution in [0, 0.1) is 0 Å². The fraction of sp³-hybridized carbons (Fsp3) is 0.300. The number of nitrogens with two attached hydrogens (primary N) is 1. The Balaban J connectivity index is 2.26. The summed E-state index contributed by atoms with van der Waals surface area (Å²) in [6.45, 7) is 1.10. The molecule has 1 aliphatic heterocycles. The van der Waals surface area contributed by atoms with Crippen LogP contribution >= 0.6 is 15.9 Å². The number of amides is 2. The van der Waals surface area contributed by atoms with Gasteiger partial charge in [0.2, 0.25) is 0 Å². The normalized spacial score (nSPS) is 13.1. The van der Waals surface area contributed by atoms with Gasteiger partial charge in [0, 0.05) is 23.0 Å². The van der Waals surface area contributed by atoms with E-state index in [4.69, 9.17) is 10.5 Å². The maximum absolute atomic E-state index is 10.6. The summed E-state index contributed by atoms with van der Waals surface area (Å²) in [7, 11) is 0. The number of carbonyl (C=O) groups is 1. The van der Waals surface area contributed by atoms with Crippen molar-refractivity contribution in [2.45, 2.75) is 13.0 Å². The Morgan fingerprint density at radius 3 is 3.13 bits per heavy atom. The molecule has 0 radical (unpaired) electrons. The van der Waals surface area contributed by atoms with Crippen LogP contribution in [0.5, 0.6) is 5.75 Å². The Morgan fingerprint density at radius 2 is 2.40 bits per heavy atom. The zero-order valence-corrected chi connectivity index (χ0v) is 9.63. The quantitative estimate of drug-likeness (QED) is 0.857. The van der Waals surface area contributed by atoms with Crippen LogP contribution in [0.3, 0.4) is 0 Å². The molecular weight excluding hydrogens is 260 g/mol. The van der Waals surface area contributed by atoms with E-state index in [-0.39, 0.29) is 0 Å². The first kappa shape index (κ1) is 10.3. The van der Waals surface area contributed by atoms with Crippen LogP contribution in [0.15, 0.2) is 16.6 Å². The summed E-state index contributed by atoms with van der Waals surface area (Å²) in [6.07, 6.45) is 0.915. The van der Waals surface area contributed by atoms with Crippen LogP contribution < -0.4 is 15.8 Å². The van der Waals surface area contributed by atoms with E-state index >= 15 is 0 Å². The summed E-state index contributed by atoms with van der Waals surface area (Å²) in [5.41, 5.74) is 7.15. The molecule has 0 fully saturated rings. The monoisotopic (exact) mass is 270 g/mol. The minimum absolute atomic E-state index is 0.400. The molecule has 0 atom stereocenters. The first-order chi connectivity index (χ1) is 7.16. The van der Waals surface area contributed by atoms with E-state index in [1.807, 2.05) is 12.1 Å². The second-order valence-corrected chi connectivity index (χ2v) is 4.29. The molecule has 0 bridgehead atoms. The van der Waals surface area contributed by atoms with Crippen molar-refractivity contribution in [1.82, 2.24) is 5.32 Å². The molecular formula is C10H11BrN2O2. The molecule has 2 amide bonds. The van der Waals surface area contributed by atoms with E-state index in [0.29, 0.717) is 13.2 Å². The van der Waals surface area contributed by atoms with Crippen LogP contribution in [0.4, 0.5) is 4.79 Å². The number of carbonyl (C=O) groups excluding carboxylic acids is 1. The maximum Gasteiger partial charge on any atom is 0.312 e. The first-order valence-corrected chi connectivity index (χ1v) is 5.43. The number of fused-ring (bicyclic) bond motifs is 1. The minimum atomic E-state index is -0.526. The molecule has 2 rings (SSSR count). The molecule has 0 saturated heterocycles. The molecule has 80 valence electrons. The van der Waals surface area contributed by atoms with Gasteiger partial charge in [-0.05, 0) is 17.7 Å². The Hall–Kier alpha value is -1.23. The minimum Gasteiger partial charge on any atom is -0.493 e. The number of rotatable bonds is 2. The molecule has 4 nitrogen and oxygen atoms in total. The van der Waals surface area contributed by atoms with Crippen LogP contribution in [0.1, 0.15) is 11.1 Å². The van der Waals surface area contributed by atoms with Gasteiger partial charge < -0.3 is 15.8 Å². The average molecular weight is 271 g/mol. The highest BCUT2D eigenvalue weighted by molar-refractivity contribution is 9.10. The van der Waals surface area contributed by atoms with Crippen molar-refractivity contribution in [2.24, 2.45) is 5.73 Å². The van der Waals surface area contributed by atoms with Crippen molar-refractivity contribution in [3.05, 3.63) is 27.7 Å². The molecule has 1 heterocycles. The fourth-order valence-corrected chi connectivity index (χ4v) is 2.21. The third kappa shape index (κ3) is 2.23. The lowest BCUT2D eigenvalue weighted by Gasteiger charge is -2.09. The van der Waals surface area contributed by atoms with Crippen LogP contribution in [0.2, 0.25) is 0 Å². The molecule has 0 saturated carbocycles. The lowest BCUT2D eigenvalue weighted by atomic mass is 10.1.